The van der Waals surface area contributed by atoms with Gasteiger partial charge < -0.3 is 10.5 Å². The first-order chi connectivity index (χ1) is 6.22. The molecule has 0 spiro atoms. The van der Waals surface area contributed by atoms with E-state index in [-0.39, 0.29) is 0 Å². The van der Waals surface area contributed by atoms with E-state index < -0.39 is 0 Å². The number of ether oxygens (including phenoxy) is 1. The predicted molar refractivity (Wildman–Crippen MR) is 54.6 cm³/mol. The predicted octanol–water partition coefficient (Wildman–Crippen LogP) is 1.78. The Hall–Kier alpha value is -0.860. The summed E-state index contributed by atoms with van der Waals surface area (Å²) in [6.45, 7) is 6.08. The number of benzene rings is 1. The quantitative estimate of drug-likeness (QED) is 0.715. The van der Waals surface area contributed by atoms with Gasteiger partial charge in [-0.1, -0.05) is 29.3 Å². The molecule has 0 heterocycles. The maximum absolute atomic E-state index is 5.35. The van der Waals surface area contributed by atoms with Crippen LogP contribution in [-0.2, 0) is 11.3 Å². The van der Waals surface area contributed by atoms with Crippen molar-refractivity contribution in [3.63, 3.8) is 0 Å². The standard InChI is InChI=1S/C11H17NO/c1-9-5-10(2)7-11(6-9)8-13-4-3-12/h5-7H,3-4,8,12H2,1-2H3. The number of nitrogens with two attached hydrogens (primary N) is 1. The minimum atomic E-state index is 0.588. The third-order valence-electron chi connectivity index (χ3n) is 1.81. The van der Waals surface area contributed by atoms with Gasteiger partial charge in [-0.05, 0) is 19.4 Å². The Morgan fingerprint density at radius 3 is 2.31 bits per heavy atom. The van der Waals surface area contributed by atoms with E-state index in [0.717, 1.165) is 0 Å². The molecule has 2 N–H and O–H groups in total. The molecule has 0 amide bonds. The van der Waals surface area contributed by atoms with Crippen LogP contribution < -0.4 is 5.73 Å². The molecule has 0 aliphatic rings. The molecule has 0 saturated heterocycles. The maximum Gasteiger partial charge on any atom is 0.0717 e. The maximum atomic E-state index is 5.35. The molecule has 0 saturated carbocycles. The molecule has 1 aromatic carbocycles. The normalized spacial score (nSPS) is 10.4. The number of aryl methyl sites for hydroxylation is 2. The Morgan fingerprint density at radius 2 is 1.77 bits per heavy atom. The zero-order valence-corrected chi connectivity index (χ0v) is 8.34. The van der Waals surface area contributed by atoms with Crippen LogP contribution in [0.15, 0.2) is 18.2 Å². The van der Waals surface area contributed by atoms with Crippen LogP contribution in [0.1, 0.15) is 16.7 Å². The van der Waals surface area contributed by atoms with Gasteiger partial charge in [0.25, 0.3) is 0 Å². The summed E-state index contributed by atoms with van der Waals surface area (Å²) in [5.74, 6) is 0. The molecule has 1 rings (SSSR count). The second kappa shape index (κ2) is 5.00. The van der Waals surface area contributed by atoms with Crippen molar-refractivity contribution in [3.8, 4) is 0 Å². The van der Waals surface area contributed by atoms with Crippen molar-refractivity contribution in [1.82, 2.24) is 0 Å². The van der Waals surface area contributed by atoms with Crippen molar-refractivity contribution in [2.75, 3.05) is 13.2 Å². The lowest BCUT2D eigenvalue weighted by molar-refractivity contribution is 0.128. The lowest BCUT2D eigenvalue weighted by Crippen LogP contribution is -2.08. The fraction of sp³-hybridized carbons (Fsp3) is 0.455. The van der Waals surface area contributed by atoms with Gasteiger partial charge in [0.1, 0.15) is 0 Å². The second-order valence-electron chi connectivity index (χ2n) is 3.34. The van der Waals surface area contributed by atoms with Crippen LogP contribution in [-0.4, -0.2) is 13.2 Å². The summed E-state index contributed by atoms with van der Waals surface area (Å²) in [6, 6.07) is 6.44. The summed E-state index contributed by atoms with van der Waals surface area (Å²) >= 11 is 0. The molecule has 72 valence electrons. The van der Waals surface area contributed by atoms with E-state index in [1.54, 1.807) is 0 Å². The Morgan fingerprint density at radius 1 is 1.15 bits per heavy atom. The highest BCUT2D eigenvalue weighted by atomic mass is 16.5. The molecule has 2 nitrogen and oxygen atoms in total. The Labute approximate surface area is 79.7 Å². The molecule has 1 aromatic rings. The summed E-state index contributed by atoms with van der Waals surface area (Å²) in [6.07, 6.45) is 0. The van der Waals surface area contributed by atoms with Crippen molar-refractivity contribution in [2.45, 2.75) is 20.5 Å². The molecule has 0 aliphatic heterocycles. The fourth-order valence-corrected chi connectivity index (χ4v) is 1.43. The number of rotatable bonds is 4. The second-order valence-corrected chi connectivity index (χ2v) is 3.34. The van der Waals surface area contributed by atoms with Crippen LogP contribution in [0.25, 0.3) is 0 Å². The molecular formula is C11H17NO. The average Bonchev–Trinajstić information content (AvgIpc) is 2.03. The third kappa shape index (κ3) is 3.57. The first-order valence-corrected chi connectivity index (χ1v) is 4.57. The van der Waals surface area contributed by atoms with E-state index in [4.69, 9.17) is 10.5 Å². The highest BCUT2D eigenvalue weighted by Crippen LogP contribution is 2.09. The minimum Gasteiger partial charge on any atom is -0.375 e. The molecule has 2 heteroatoms. The van der Waals surface area contributed by atoms with Crippen LogP contribution >= 0.6 is 0 Å². The van der Waals surface area contributed by atoms with E-state index >= 15 is 0 Å². The van der Waals surface area contributed by atoms with Gasteiger partial charge in [0.05, 0.1) is 13.2 Å². The van der Waals surface area contributed by atoms with Gasteiger partial charge in [0.15, 0.2) is 0 Å². The smallest absolute Gasteiger partial charge is 0.0717 e. The van der Waals surface area contributed by atoms with Gasteiger partial charge >= 0.3 is 0 Å². The average molecular weight is 179 g/mol. The molecule has 0 aromatic heterocycles. The molecule has 13 heavy (non-hydrogen) atoms. The van der Waals surface area contributed by atoms with E-state index in [0.29, 0.717) is 19.8 Å². The zero-order valence-electron chi connectivity index (χ0n) is 8.34. The molecule has 0 bridgehead atoms. The first kappa shape index (κ1) is 10.2. The molecule has 0 unspecified atom stereocenters. The number of hydrogen-bond acceptors (Lipinski definition) is 2. The van der Waals surface area contributed by atoms with Gasteiger partial charge in [0.2, 0.25) is 0 Å². The van der Waals surface area contributed by atoms with Gasteiger partial charge in [-0.15, -0.1) is 0 Å². The Kier molecular flexibility index (Phi) is 3.93. The van der Waals surface area contributed by atoms with Crippen LogP contribution in [0.2, 0.25) is 0 Å². The van der Waals surface area contributed by atoms with Gasteiger partial charge in [-0.25, -0.2) is 0 Å². The largest absolute Gasteiger partial charge is 0.375 e. The van der Waals surface area contributed by atoms with Crippen LogP contribution in [0, 0.1) is 13.8 Å². The van der Waals surface area contributed by atoms with Gasteiger partial charge in [-0.3, -0.25) is 0 Å². The van der Waals surface area contributed by atoms with Gasteiger partial charge in [-0.2, -0.15) is 0 Å². The lowest BCUT2D eigenvalue weighted by Gasteiger charge is -2.05. The van der Waals surface area contributed by atoms with Crippen molar-refractivity contribution in [2.24, 2.45) is 5.73 Å². The molecule has 0 radical (unpaired) electrons. The molecule has 0 atom stereocenters. The third-order valence-corrected chi connectivity index (χ3v) is 1.81. The summed E-state index contributed by atoms with van der Waals surface area (Å²) in [5.41, 5.74) is 9.12. The van der Waals surface area contributed by atoms with E-state index in [9.17, 15) is 0 Å². The summed E-state index contributed by atoms with van der Waals surface area (Å²) < 4.78 is 5.35. The van der Waals surface area contributed by atoms with Crippen molar-refractivity contribution < 1.29 is 4.74 Å². The van der Waals surface area contributed by atoms with Crippen molar-refractivity contribution >= 4 is 0 Å². The van der Waals surface area contributed by atoms with Crippen LogP contribution in [0.5, 0.6) is 0 Å². The Bertz CT molecular complexity index is 251. The van der Waals surface area contributed by atoms with E-state index in [1.807, 2.05) is 0 Å². The minimum absolute atomic E-state index is 0.588. The summed E-state index contributed by atoms with van der Waals surface area (Å²) in [5, 5.41) is 0. The van der Waals surface area contributed by atoms with E-state index in [1.165, 1.54) is 16.7 Å². The first-order valence-electron chi connectivity index (χ1n) is 4.57. The molecule has 0 fully saturated rings. The lowest BCUT2D eigenvalue weighted by atomic mass is 10.1. The monoisotopic (exact) mass is 179 g/mol. The van der Waals surface area contributed by atoms with Crippen molar-refractivity contribution in [3.05, 3.63) is 34.9 Å². The zero-order chi connectivity index (χ0) is 9.68. The topological polar surface area (TPSA) is 35.2 Å². The summed E-state index contributed by atoms with van der Waals surface area (Å²) in [7, 11) is 0. The van der Waals surface area contributed by atoms with Crippen LogP contribution in [0.4, 0.5) is 0 Å². The molecular weight excluding hydrogens is 162 g/mol. The van der Waals surface area contributed by atoms with Gasteiger partial charge in [0, 0.05) is 6.54 Å². The summed E-state index contributed by atoms with van der Waals surface area (Å²) in [4.78, 5) is 0. The highest BCUT2D eigenvalue weighted by molar-refractivity contribution is 5.27. The molecule has 0 aliphatic carbocycles. The van der Waals surface area contributed by atoms with Crippen LogP contribution in [0.3, 0.4) is 0 Å². The number of hydrogen-bond donors (Lipinski definition) is 1. The SMILES string of the molecule is Cc1cc(C)cc(COCCN)c1. The van der Waals surface area contributed by atoms with Crippen molar-refractivity contribution in [1.29, 1.82) is 0 Å². The Balaban J connectivity index is 2.56. The fourth-order valence-electron chi connectivity index (χ4n) is 1.43. The van der Waals surface area contributed by atoms with E-state index in [2.05, 4.69) is 32.0 Å². The highest BCUT2D eigenvalue weighted by Gasteiger charge is 1.95.